The molecule has 0 spiro atoms. The van der Waals surface area contributed by atoms with Crippen LogP contribution in [0, 0.1) is 0 Å². The van der Waals surface area contributed by atoms with E-state index in [1.807, 2.05) is 18.7 Å². The van der Waals surface area contributed by atoms with E-state index in [0.717, 1.165) is 31.3 Å². The van der Waals surface area contributed by atoms with Gasteiger partial charge in [-0.3, -0.25) is 4.99 Å². The predicted molar refractivity (Wildman–Crippen MR) is 67.7 cm³/mol. The summed E-state index contributed by atoms with van der Waals surface area (Å²) < 4.78 is 5.27. The monoisotopic (exact) mass is 230 g/mol. The Bertz CT molecular complexity index is 197. The summed E-state index contributed by atoms with van der Waals surface area (Å²) in [7, 11) is 0. The van der Waals surface area contributed by atoms with E-state index in [-0.39, 0.29) is 0 Å². The van der Waals surface area contributed by atoms with E-state index >= 15 is 0 Å². The van der Waals surface area contributed by atoms with E-state index in [1.165, 1.54) is 6.42 Å². The number of thioether (sulfide) groups is 1. The van der Waals surface area contributed by atoms with Crippen molar-refractivity contribution >= 4 is 16.9 Å². The molecule has 15 heavy (non-hydrogen) atoms. The second-order valence-corrected chi connectivity index (χ2v) is 5.37. The number of amidine groups is 1. The summed E-state index contributed by atoms with van der Waals surface area (Å²) in [5.41, 5.74) is 0. The molecule has 0 bridgehead atoms. The van der Waals surface area contributed by atoms with Gasteiger partial charge in [0.15, 0.2) is 5.17 Å². The van der Waals surface area contributed by atoms with Gasteiger partial charge in [-0.2, -0.15) is 0 Å². The molecule has 2 atom stereocenters. The Balaban J connectivity index is 2.20. The van der Waals surface area contributed by atoms with Gasteiger partial charge < -0.3 is 10.1 Å². The van der Waals surface area contributed by atoms with Gasteiger partial charge in [0.2, 0.25) is 0 Å². The van der Waals surface area contributed by atoms with Gasteiger partial charge in [-0.25, -0.2) is 0 Å². The highest BCUT2D eigenvalue weighted by Gasteiger charge is 2.19. The third-order valence-electron chi connectivity index (χ3n) is 2.27. The normalized spacial score (nSPS) is 29.1. The topological polar surface area (TPSA) is 33.6 Å². The van der Waals surface area contributed by atoms with Crippen LogP contribution in [-0.2, 0) is 4.74 Å². The standard InChI is InChI=1S/C11H22N2OS/c1-4-14-7-5-6-12-11-13-9(2)8-10(3)15-11/h9-10H,4-8H2,1-3H3,(H,12,13). The fourth-order valence-electron chi connectivity index (χ4n) is 1.61. The van der Waals surface area contributed by atoms with Crippen LogP contribution in [-0.4, -0.2) is 36.2 Å². The van der Waals surface area contributed by atoms with E-state index < -0.39 is 0 Å². The number of aliphatic imine (C=N–C) groups is 1. The molecule has 4 heteroatoms. The molecule has 1 fully saturated rings. The first-order chi connectivity index (χ1) is 7.22. The molecular formula is C11H22N2OS. The summed E-state index contributed by atoms with van der Waals surface area (Å²) in [5.74, 6) is 0. The minimum atomic E-state index is 0.562. The average molecular weight is 230 g/mol. The van der Waals surface area contributed by atoms with Crippen LogP contribution in [0.2, 0.25) is 0 Å². The largest absolute Gasteiger partial charge is 0.382 e. The number of nitrogens with zero attached hydrogens (tertiary/aromatic N) is 1. The van der Waals surface area contributed by atoms with Gasteiger partial charge in [-0.15, -0.1) is 0 Å². The average Bonchev–Trinajstić information content (AvgIpc) is 2.16. The molecule has 1 heterocycles. The SMILES string of the molecule is CCOCCCN=C1NC(C)CC(C)S1. The van der Waals surface area contributed by atoms with Crippen LogP contribution in [0.25, 0.3) is 0 Å². The van der Waals surface area contributed by atoms with Crippen LogP contribution in [0.4, 0.5) is 0 Å². The molecule has 1 N–H and O–H groups in total. The second-order valence-electron chi connectivity index (χ2n) is 3.95. The fraction of sp³-hybridized carbons (Fsp3) is 0.909. The van der Waals surface area contributed by atoms with Crippen molar-refractivity contribution in [3.8, 4) is 0 Å². The fourth-order valence-corrected chi connectivity index (χ4v) is 2.82. The van der Waals surface area contributed by atoms with Gasteiger partial charge >= 0.3 is 0 Å². The van der Waals surface area contributed by atoms with Gasteiger partial charge in [0.1, 0.15) is 0 Å². The van der Waals surface area contributed by atoms with Crippen molar-refractivity contribution in [2.75, 3.05) is 19.8 Å². The molecule has 88 valence electrons. The smallest absolute Gasteiger partial charge is 0.157 e. The van der Waals surface area contributed by atoms with E-state index in [2.05, 4.69) is 24.2 Å². The summed E-state index contributed by atoms with van der Waals surface area (Å²) in [6, 6.07) is 0.562. The molecule has 0 aromatic carbocycles. The molecule has 1 aliphatic heterocycles. The van der Waals surface area contributed by atoms with E-state index in [1.54, 1.807) is 0 Å². The van der Waals surface area contributed by atoms with Gasteiger partial charge in [0.25, 0.3) is 0 Å². The lowest BCUT2D eigenvalue weighted by Crippen LogP contribution is -2.38. The zero-order valence-corrected chi connectivity index (χ0v) is 10.8. The Morgan fingerprint density at radius 3 is 3.00 bits per heavy atom. The molecule has 2 unspecified atom stereocenters. The summed E-state index contributed by atoms with van der Waals surface area (Å²) in [6.45, 7) is 8.99. The third kappa shape index (κ3) is 5.42. The van der Waals surface area contributed by atoms with Gasteiger partial charge in [-0.1, -0.05) is 18.7 Å². The minimum absolute atomic E-state index is 0.562. The van der Waals surface area contributed by atoms with E-state index in [4.69, 9.17) is 4.74 Å². The van der Waals surface area contributed by atoms with Gasteiger partial charge in [0, 0.05) is 31.1 Å². The highest BCUT2D eigenvalue weighted by molar-refractivity contribution is 8.14. The zero-order valence-electron chi connectivity index (χ0n) is 9.95. The molecule has 0 aliphatic carbocycles. The Labute approximate surface area is 97.1 Å². The van der Waals surface area contributed by atoms with Crippen LogP contribution >= 0.6 is 11.8 Å². The zero-order chi connectivity index (χ0) is 11.1. The van der Waals surface area contributed by atoms with E-state index in [0.29, 0.717) is 11.3 Å². The molecular weight excluding hydrogens is 208 g/mol. The van der Waals surface area contributed by atoms with Crippen LogP contribution in [0.1, 0.15) is 33.6 Å². The Morgan fingerprint density at radius 2 is 2.33 bits per heavy atom. The molecule has 3 nitrogen and oxygen atoms in total. The summed E-state index contributed by atoms with van der Waals surface area (Å²) in [5, 5.41) is 5.21. The van der Waals surface area contributed by atoms with Crippen LogP contribution < -0.4 is 5.32 Å². The number of nitrogens with one attached hydrogen (secondary N) is 1. The molecule has 0 aromatic rings. The van der Waals surface area contributed by atoms with E-state index in [9.17, 15) is 0 Å². The number of ether oxygens (including phenoxy) is 1. The first-order valence-corrected chi connectivity index (χ1v) is 6.65. The minimum Gasteiger partial charge on any atom is -0.382 e. The molecule has 1 rings (SSSR count). The van der Waals surface area contributed by atoms with Gasteiger partial charge in [0.05, 0.1) is 0 Å². The Kier molecular flexibility index (Phi) is 6.10. The molecule has 0 radical (unpaired) electrons. The van der Waals surface area contributed by atoms with Crippen LogP contribution in [0.3, 0.4) is 0 Å². The maximum atomic E-state index is 5.27. The lowest BCUT2D eigenvalue weighted by molar-refractivity contribution is 0.146. The van der Waals surface area contributed by atoms with Crippen molar-refractivity contribution in [3.05, 3.63) is 0 Å². The maximum absolute atomic E-state index is 5.27. The summed E-state index contributed by atoms with van der Waals surface area (Å²) in [4.78, 5) is 4.54. The van der Waals surface area contributed by atoms with Crippen LogP contribution in [0.15, 0.2) is 4.99 Å². The van der Waals surface area contributed by atoms with Crippen LogP contribution in [0.5, 0.6) is 0 Å². The Hall–Kier alpha value is -0.220. The highest BCUT2D eigenvalue weighted by atomic mass is 32.2. The molecule has 0 saturated carbocycles. The van der Waals surface area contributed by atoms with Crippen molar-refractivity contribution in [1.29, 1.82) is 0 Å². The van der Waals surface area contributed by atoms with Crippen molar-refractivity contribution in [1.82, 2.24) is 5.32 Å². The van der Waals surface area contributed by atoms with Crippen molar-refractivity contribution in [2.24, 2.45) is 4.99 Å². The first-order valence-electron chi connectivity index (χ1n) is 5.77. The summed E-state index contributed by atoms with van der Waals surface area (Å²) in [6.07, 6.45) is 2.24. The molecule has 0 aromatic heterocycles. The lowest BCUT2D eigenvalue weighted by atomic mass is 10.2. The predicted octanol–water partition coefficient (Wildman–Crippen LogP) is 2.27. The number of hydrogen-bond donors (Lipinski definition) is 1. The number of hydrogen-bond acceptors (Lipinski definition) is 3. The van der Waals surface area contributed by atoms with Crippen molar-refractivity contribution in [3.63, 3.8) is 0 Å². The van der Waals surface area contributed by atoms with Crippen molar-refractivity contribution < 1.29 is 4.74 Å². The second kappa shape index (κ2) is 7.12. The third-order valence-corrected chi connectivity index (χ3v) is 3.34. The molecule has 1 saturated heterocycles. The number of rotatable bonds is 5. The van der Waals surface area contributed by atoms with Crippen molar-refractivity contribution in [2.45, 2.75) is 44.9 Å². The molecule has 0 amide bonds. The maximum Gasteiger partial charge on any atom is 0.157 e. The first kappa shape index (κ1) is 12.8. The molecule has 1 aliphatic rings. The lowest BCUT2D eigenvalue weighted by Gasteiger charge is -2.26. The highest BCUT2D eigenvalue weighted by Crippen LogP contribution is 2.22. The Morgan fingerprint density at radius 1 is 1.53 bits per heavy atom. The quantitative estimate of drug-likeness (QED) is 0.736. The van der Waals surface area contributed by atoms with Gasteiger partial charge in [-0.05, 0) is 26.7 Å². The summed E-state index contributed by atoms with van der Waals surface area (Å²) >= 11 is 1.85.